The average Bonchev–Trinajstić information content (AvgIpc) is 3.06. The Morgan fingerprint density at radius 1 is 1.27 bits per heavy atom. The van der Waals surface area contributed by atoms with Crippen LogP contribution in [0.25, 0.3) is 0 Å². The molecule has 122 valence electrons. The maximum atomic E-state index is 13.0. The minimum atomic E-state index is 0.261. The Labute approximate surface area is 133 Å². The van der Waals surface area contributed by atoms with Crippen LogP contribution in [0.1, 0.15) is 62.4 Å². The normalized spacial score (nSPS) is 19.5. The van der Waals surface area contributed by atoms with Gasteiger partial charge in [0.1, 0.15) is 0 Å². The Bertz CT molecular complexity index is 572. The summed E-state index contributed by atoms with van der Waals surface area (Å²) in [7, 11) is 0. The second-order valence-electron chi connectivity index (χ2n) is 6.65. The molecule has 1 aliphatic carbocycles. The van der Waals surface area contributed by atoms with Crippen molar-refractivity contribution in [2.45, 2.75) is 65.1 Å². The molecule has 1 aromatic heterocycles. The monoisotopic (exact) mass is 303 g/mol. The molecule has 0 atom stereocenters. The summed E-state index contributed by atoms with van der Waals surface area (Å²) in [5.74, 6) is 0. The number of rotatable bonds is 5. The van der Waals surface area contributed by atoms with E-state index in [4.69, 9.17) is 0 Å². The van der Waals surface area contributed by atoms with Gasteiger partial charge in [0.25, 0.3) is 5.56 Å². The molecule has 0 amide bonds. The fourth-order valence-electron chi connectivity index (χ4n) is 3.99. The van der Waals surface area contributed by atoms with Crippen molar-refractivity contribution in [2.75, 3.05) is 19.6 Å². The van der Waals surface area contributed by atoms with E-state index in [2.05, 4.69) is 34.7 Å². The number of hydrogen-bond acceptors (Lipinski definition) is 3. The number of likely N-dealkylation sites (N-methyl/N-ethyl adjacent to an activating group) is 1. The molecule has 4 heteroatoms. The molecule has 1 aliphatic heterocycles. The third-order valence-corrected chi connectivity index (χ3v) is 5.26. The summed E-state index contributed by atoms with van der Waals surface area (Å²) in [6.07, 6.45) is 5.91. The third kappa shape index (κ3) is 2.99. The maximum Gasteiger partial charge on any atom is 0.255 e. The molecule has 1 aromatic rings. The molecule has 0 bridgehead atoms. The van der Waals surface area contributed by atoms with Gasteiger partial charge < -0.3 is 9.88 Å². The number of hydrogen-bond donors (Lipinski definition) is 1. The lowest BCUT2D eigenvalue weighted by Crippen LogP contribution is -2.38. The Kier molecular flexibility index (Phi) is 4.99. The van der Waals surface area contributed by atoms with Gasteiger partial charge in [-0.3, -0.25) is 9.69 Å². The van der Waals surface area contributed by atoms with Gasteiger partial charge in [-0.05, 0) is 37.6 Å². The molecule has 1 saturated carbocycles. The summed E-state index contributed by atoms with van der Waals surface area (Å²) in [6.45, 7) is 9.08. The Balaban J connectivity index is 2.03. The molecule has 2 aliphatic rings. The van der Waals surface area contributed by atoms with Crippen molar-refractivity contribution in [3.63, 3.8) is 0 Å². The van der Waals surface area contributed by atoms with Crippen LogP contribution in [0, 0.1) is 0 Å². The van der Waals surface area contributed by atoms with Crippen LogP contribution >= 0.6 is 0 Å². The standard InChI is InChI=1S/C18H29N3O/c1-3-19-12-14-11-15-13-20(4-2)10-9-17(15)21(18(14)22)16-7-5-6-8-16/h11,16,19H,3-10,12-13H2,1-2H3. The van der Waals surface area contributed by atoms with E-state index in [1.807, 2.05) is 0 Å². The second-order valence-corrected chi connectivity index (χ2v) is 6.65. The number of nitrogens with one attached hydrogen (secondary N) is 1. The lowest BCUT2D eigenvalue weighted by molar-refractivity contribution is 0.258. The predicted octanol–water partition coefficient (Wildman–Crippen LogP) is 2.45. The van der Waals surface area contributed by atoms with E-state index in [1.165, 1.54) is 36.9 Å². The van der Waals surface area contributed by atoms with Gasteiger partial charge in [-0.15, -0.1) is 0 Å². The molecular formula is C18H29N3O. The zero-order valence-electron chi connectivity index (χ0n) is 14.0. The minimum Gasteiger partial charge on any atom is -0.313 e. The molecule has 4 nitrogen and oxygen atoms in total. The van der Waals surface area contributed by atoms with Crippen LogP contribution in [-0.2, 0) is 19.5 Å². The molecule has 1 N–H and O–H groups in total. The smallest absolute Gasteiger partial charge is 0.255 e. The fourth-order valence-corrected chi connectivity index (χ4v) is 3.99. The van der Waals surface area contributed by atoms with Crippen molar-refractivity contribution in [1.29, 1.82) is 0 Å². The summed E-state index contributed by atoms with van der Waals surface area (Å²) in [4.78, 5) is 15.5. The summed E-state index contributed by atoms with van der Waals surface area (Å²) in [5, 5.41) is 3.33. The van der Waals surface area contributed by atoms with Crippen LogP contribution in [-0.4, -0.2) is 29.1 Å². The van der Waals surface area contributed by atoms with Crippen molar-refractivity contribution < 1.29 is 0 Å². The lowest BCUT2D eigenvalue weighted by atomic mass is 10.0. The van der Waals surface area contributed by atoms with E-state index >= 15 is 0 Å². The quantitative estimate of drug-likeness (QED) is 0.908. The average molecular weight is 303 g/mol. The first-order chi connectivity index (χ1) is 10.7. The van der Waals surface area contributed by atoms with E-state index in [0.29, 0.717) is 12.6 Å². The molecule has 0 aromatic carbocycles. The van der Waals surface area contributed by atoms with Crippen LogP contribution in [0.15, 0.2) is 10.9 Å². The maximum absolute atomic E-state index is 13.0. The van der Waals surface area contributed by atoms with Crippen molar-refractivity contribution in [1.82, 2.24) is 14.8 Å². The summed E-state index contributed by atoms with van der Waals surface area (Å²) >= 11 is 0. The van der Waals surface area contributed by atoms with Gasteiger partial charge >= 0.3 is 0 Å². The first-order valence-electron chi connectivity index (χ1n) is 8.93. The Hall–Kier alpha value is -1.13. The summed E-state index contributed by atoms with van der Waals surface area (Å²) < 4.78 is 2.18. The highest BCUT2D eigenvalue weighted by Gasteiger charge is 2.26. The third-order valence-electron chi connectivity index (χ3n) is 5.26. The Morgan fingerprint density at radius 3 is 2.73 bits per heavy atom. The van der Waals surface area contributed by atoms with Gasteiger partial charge in [-0.25, -0.2) is 0 Å². The van der Waals surface area contributed by atoms with Gasteiger partial charge in [0.05, 0.1) is 0 Å². The number of nitrogens with zero attached hydrogens (tertiary/aromatic N) is 2. The van der Waals surface area contributed by atoms with Crippen molar-refractivity contribution >= 4 is 0 Å². The van der Waals surface area contributed by atoms with E-state index in [9.17, 15) is 4.79 Å². The van der Waals surface area contributed by atoms with Crippen molar-refractivity contribution in [2.24, 2.45) is 0 Å². The minimum absolute atomic E-state index is 0.261. The van der Waals surface area contributed by atoms with Gasteiger partial charge in [0.2, 0.25) is 0 Å². The van der Waals surface area contributed by atoms with Crippen molar-refractivity contribution in [3.8, 4) is 0 Å². The van der Waals surface area contributed by atoms with Crippen LogP contribution in [0.3, 0.4) is 0 Å². The van der Waals surface area contributed by atoms with Crippen LogP contribution < -0.4 is 10.9 Å². The highest BCUT2D eigenvalue weighted by atomic mass is 16.1. The first kappa shape index (κ1) is 15.8. The van der Waals surface area contributed by atoms with Gasteiger partial charge in [0.15, 0.2) is 0 Å². The molecule has 0 radical (unpaired) electrons. The molecule has 1 fully saturated rings. The molecule has 0 spiro atoms. The molecular weight excluding hydrogens is 274 g/mol. The van der Waals surface area contributed by atoms with Gasteiger partial charge in [-0.1, -0.05) is 26.7 Å². The number of aromatic nitrogens is 1. The highest BCUT2D eigenvalue weighted by molar-refractivity contribution is 5.30. The topological polar surface area (TPSA) is 37.3 Å². The van der Waals surface area contributed by atoms with Crippen LogP contribution in [0.4, 0.5) is 0 Å². The van der Waals surface area contributed by atoms with Gasteiger partial charge in [-0.2, -0.15) is 0 Å². The molecule has 2 heterocycles. The SMILES string of the molecule is CCNCc1cc2c(n(C3CCCC3)c1=O)CCN(CC)C2. The number of pyridine rings is 1. The van der Waals surface area contributed by atoms with E-state index in [0.717, 1.165) is 38.2 Å². The van der Waals surface area contributed by atoms with E-state index in [1.54, 1.807) is 0 Å². The van der Waals surface area contributed by atoms with Crippen LogP contribution in [0.5, 0.6) is 0 Å². The lowest BCUT2D eigenvalue weighted by Gasteiger charge is -2.32. The molecule has 3 rings (SSSR count). The second kappa shape index (κ2) is 6.97. The highest BCUT2D eigenvalue weighted by Crippen LogP contribution is 2.31. The summed E-state index contributed by atoms with van der Waals surface area (Å²) in [6, 6.07) is 2.61. The number of fused-ring (bicyclic) bond motifs is 1. The Morgan fingerprint density at radius 2 is 2.05 bits per heavy atom. The first-order valence-corrected chi connectivity index (χ1v) is 8.93. The van der Waals surface area contributed by atoms with Crippen molar-refractivity contribution in [3.05, 3.63) is 33.2 Å². The molecule has 22 heavy (non-hydrogen) atoms. The predicted molar refractivity (Wildman–Crippen MR) is 90.2 cm³/mol. The zero-order valence-corrected chi connectivity index (χ0v) is 14.0. The largest absolute Gasteiger partial charge is 0.313 e. The molecule has 0 saturated heterocycles. The van der Waals surface area contributed by atoms with E-state index < -0.39 is 0 Å². The zero-order chi connectivity index (χ0) is 15.5. The summed E-state index contributed by atoms with van der Waals surface area (Å²) in [5.41, 5.74) is 3.91. The fraction of sp³-hybridized carbons (Fsp3) is 0.722. The van der Waals surface area contributed by atoms with Crippen LogP contribution in [0.2, 0.25) is 0 Å². The van der Waals surface area contributed by atoms with E-state index in [-0.39, 0.29) is 5.56 Å². The molecule has 0 unspecified atom stereocenters. The van der Waals surface area contributed by atoms with Gasteiger partial charge in [0, 0.05) is 43.4 Å².